The van der Waals surface area contributed by atoms with E-state index in [4.69, 9.17) is 9.47 Å². The zero-order valence-corrected chi connectivity index (χ0v) is 12.2. The Bertz CT molecular complexity index is 625. The first kappa shape index (κ1) is 15.3. The van der Waals surface area contributed by atoms with Crippen LogP contribution in [0.5, 0.6) is 5.88 Å². The minimum atomic E-state index is -0.991. The number of aromatic nitrogens is 1. The average molecular weight is 289 g/mol. The van der Waals surface area contributed by atoms with Gasteiger partial charge >= 0.3 is 5.97 Å². The zero-order valence-electron chi connectivity index (χ0n) is 12.2. The molecule has 0 radical (unpaired) electrons. The molecule has 0 unspecified atom stereocenters. The molecule has 1 aromatic carbocycles. The third kappa shape index (κ3) is 4.16. The van der Waals surface area contributed by atoms with Crippen molar-refractivity contribution in [2.24, 2.45) is 5.92 Å². The molecule has 1 aromatic heterocycles. The van der Waals surface area contributed by atoms with Crippen LogP contribution in [0.25, 0.3) is 10.9 Å². The molecule has 0 amide bonds. The number of carboxylic acid groups (broad SMARTS) is 1. The van der Waals surface area contributed by atoms with Crippen LogP contribution in [0.2, 0.25) is 0 Å². The van der Waals surface area contributed by atoms with Crippen molar-refractivity contribution in [1.29, 1.82) is 0 Å². The van der Waals surface area contributed by atoms with Crippen molar-refractivity contribution in [1.82, 2.24) is 4.98 Å². The summed E-state index contributed by atoms with van der Waals surface area (Å²) in [5, 5.41) is 9.87. The molecule has 0 spiro atoms. The molecule has 0 bridgehead atoms. The van der Waals surface area contributed by atoms with Crippen LogP contribution in [0.4, 0.5) is 0 Å². The highest BCUT2D eigenvalue weighted by Crippen LogP contribution is 2.22. The fraction of sp³-hybridized carbons (Fsp3) is 0.375. The van der Waals surface area contributed by atoms with Crippen LogP contribution in [0, 0.1) is 5.92 Å². The summed E-state index contributed by atoms with van der Waals surface area (Å²) in [5.74, 6) is -0.212. The molecule has 5 heteroatoms. The molecule has 0 fully saturated rings. The van der Waals surface area contributed by atoms with Crippen molar-refractivity contribution < 1.29 is 19.4 Å². The summed E-state index contributed by atoms with van der Waals surface area (Å²) in [4.78, 5) is 15.6. The standard InChI is InChI=1S/C16H19NO4/c1-11(2)10-20-7-8-21-15-9-13(16(18)19)12-5-3-4-6-14(12)17-15/h3-6,9,11H,7-8,10H2,1-2H3,(H,18,19). The van der Waals surface area contributed by atoms with Crippen LogP contribution < -0.4 is 4.74 Å². The summed E-state index contributed by atoms with van der Waals surface area (Å²) in [6.45, 7) is 5.62. The number of pyridine rings is 1. The van der Waals surface area contributed by atoms with Crippen molar-refractivity contribution in [2.45, 2.75) is 13.8 Å². The Morgan fingerprint density at radius 2 is 2.05 bits per heavy atom. The number of ether oxygens (including phenoxy) is 2. The van der Waals surface area contributed by atoms with Crippen molar-refractivity contribution >= 4 is 16.9 Å². The summed E-state index contributed by atoms with van der Waals surface area (Å²) in [7, 11) is 0. The van der Waals surface area contributed by atoms with E-state index in [2.05, 4.69) is 18.8 Å². The molecule has 5 nitrogen and oxygen atoms in total. The van der Waals surface area contributed by atoms with E-state index in [0.717, 1.165) is 0 Å². The third-order valence-corrected chi connectivity index (χ3v) is 2.85. The van der Waals surface area contributed by atoms with Crippen LogP contribution in [0.3, 0.4) is 0 Å². The van der Waals surface area contributed by atoms with Gasteiger partial charge in [-0.2, -0.15) is 0 Å². The lowest BCUT2D eigenvalue weighted by Gasteiger charge is -2.10. The van der Waals surface area contributed by atoms with Crippen molar-refractivity contribution in [2.75, 3.05) is 19.8 Å². The summed E-state index contributed by atoms with van der Waals surface area (Å²) >= 11 is 0. The Morgan fingerprint density at radius 1 is 1.29 bits per heavy atom. The number of fused-ring (bicyclic) bond motifs is 1. The minimum Gasteiger partial charge on any atom is -0.478 e. The van der Waals surface area contributed by atoms with Crippen LogP contribution in [0.1, 0.15) is 24.2 Å². The molecule has 2 rings (SSSR count). The van der Waals surface area contributed by atoms with Gasteiger partial charge < -0.3 is 14.6 Å². The first-order chi connectivity index (χ1) is 10.1. The Labute approximate surface area is 123 Å². The topological polar surface area (TPSA) is 68.7 Å². The van der Waals surface area contributed by atoms with Gasteiger partial charge in [-0.3, -0.25) is 0 Å². The lowest BCUT2D eigenvalue weighted by atomic mass is 10.1. The van der Waals surface area contributed by atoms with Gasteiger partial charge in [0.25, 0.3) is 0 Å². The molecule has 21 heavy (non-hydrogen) atoms. The largest absolute Gasteiger partial charge is 0.478 e. The molecule has 1 N–H and O–H groups in total. The van der Waals surface area contributed by atoms with Crippen LogP contribution in [-0.2, 0) is 4.74 Å². The van der Waals surface area contributed by atoms with E-state index in [-0.39, 0.29) is 5.56 Å². The molecule has 1 heterocycles. The molecular formula is C16H19NO4. The molecule has 0 aliphatic heterocycles. The molecule has 0 atom stereocenters. The number of para-hydroxylation sites is 1. The SMILES string of the molecule is CC(C)COCCOc1cc(C(=O)O)c2ccccc2n1. The number of benzene rings is 1. The molecule has 112 valence electrons. The van der Waals surface area contributed by atoms with E-state index in [9.17, 15) is 9.90 Å². The molecule has 0 aliphatic rings. The number of hydrogen-bond donors (Lipinski definition) is 1. The number of nitrogens with zero attached hydrogens (tertiary/aromatic N) is 1. The summed E-state index contributed by atoms with van der Waals surface area (Å²) < 4.78 is 10.9. The zero-order chi connectivity index (χ0) is 15.2. The fourth-order valence-corrected chi connectivity index (χ4v) is 1.93. The van der Waals surface area contributed by atoms with Gasteiger partial charge in [0, 0.05) is 18.1 Å². The fourth-order valence-electron chi connectivity index (χ4n) is 1.93. The average Bonchev–Trinajstić information content (AvgIpc) is 2.45. The van der Waals surface area contributed by atoms with Crippen molar-refractivity contribution in [3.63, 3.8) is 0 Å². The van der Waals surface area contributed by atoms with Crippen molar-refractivity contribution in [3.8, 4) is 5.88 Å². The second-order valence-electron chi connectivity index (χ2n) is 5.15. The first-order valence-corrected chi connectivity index (χ1v) is 6.91. The van der Waals surface area contributed by atoms with Crippen LogP contribution in [0.15, 0.2) is 30.3 Å². The summed E-state index contributed by atoms with van der Waals surface area (Å²) in [6.07, 6.45) is 0. The smallest absolute Gasteiger partial charge is 0.336 e. The Kier molecular flexibility index (Phi) is 5.11. The number of carboxylic acids is 1. The summed E-state index contributed by atoms with van der Waals surface area (Å²) in [6, 6.07) is 8.56. The predicted molar refractivity (Wildman–Crippen MR) is 79.9 cm³/mol. The molecule has 0 saturated heterocycles. The van der Waals surface area contributed by atoms with Gasteiger partial charge in [-0.1, -0.05) is 32.0 Å². The molecule has 2 aromatic rings. The van der Waals surface area contributed by atoms with Gasteiger partial charge in [0.05, 0.1) is 17.7 Å². The van der Waals surface area contributed by atoms with Gasteiger partial charge in [0.1, 0.15) is 6.61 Å². The van der Waals surface area contributed by atoms with Crippen LogP contribution >= 0.6 is 0 Å². The molecule has 0 aliphatic carbocycles. The highest BCUT2D eigenvalue weighted by molar-refractivity contribution is 6.02. The van der Waals surface area contributed by atoms with Gasteiger partial charge in [0.15, 0.2) is 0 Å². The maximum Gasteiger partial charge on any atom is 0.336 e. The molecule has 0 saturated carbocycles. The third-order valence-electron chi connectivity index (χ3n) is 2.85. The van der Waals surface area contributed by atoms with Gasteiger partial charge in [0.2, 0.25) is 5.88 Å². The Balaban J connectivity index is 2.08. The Morgan fingerprint density at radius 3 is 2.76 bits per heavy atom. The van der Waals surface area contributed by atoms with E-state index in [1.54, 1.807) is 18.2 Å². The van der Waals surface area contributed by atoms with E-state index < -0.39 is 5.97 Å². The minimum absolute atomic E-state index is 0.193. The normalized spacial score (nSPS) is 11.0. The first-order valence-electron chi connectivity index (χ1n) is 6.91. The monoisotopic (exact) mass is 289 g/mol. The van der Waals surface area contributed by atoms with Crippen molar-refractivity contribution in [3.05, 3.63) is 35.9 Å². The van der Waals surface area contributed by atoms with Crippen LogP contribution in [-0.4, -0.2) is 35.9 Å². The van der Waals surface area contributed by atoms with Gasteiger partial charge in [-0.25, -0.2) is 9.78 Å². The second-order valence-corrected chi connectivity index (χ2v) is 5.15. The number of carbonyl (C=O) groups is 1. The lowest BCUT2D eigenvalue weighted by molar-refractivity contribution is 0.0697. The summed E-state index contributed by atoms with van der Waals surface area (Å²) in [5.41, 5.74) is 0.800. The van der Waals surface area contributed by atoms with Gasteiger partial charge in [-0.15, -0.1) is 0 Å². The van der Waals surface area contributed by atoms with E-state index in [1.807, 2.05) is 6.07 Å². The highest BCUT2D eigenvalue weighted by Gasteiger charge is 2.12. The number of hydrogen-bond acceptors (Lipinski definition) is 4. The maximum atomic E-state index is 11.3. The lowest BCUT2D eigenvalue weighted by Crippen LogP contribution is -2.11. The molecular weight excluding hydrogens is 270 g/mol. The maximum absolute atomic E-state index is 11.3. The quantitative estimate of drug-likeness (QED) is 0.794. The number of aromatic carboxylic acids is 1. The second kappa shape index (κ2) is 7.04. The highest BCUT2D eigenvalue weighted by atomic mass is 16.5. The van der Waals surface area contributed by atoms with E-state index in [1.165, 1.54) is 6.07 Å². The number of rotatable bonds is 7. The van der Waals surface area contributed by atoms with E-state index in [0.29, 0.717) is 42.5 Å². The van der Waals surface area contributed by atoms with Gasteiger partial charge in [-0.05, 0) is 12.0 Å². The Hall–Kier alpha value is -2.14. The van der Waals surface area contributed by atoms with E-state index >= 15 is 0 Å². The predicted octanol–water partition coefficient (Wildman–Crippen LogP) is 2.98.